The normalized spacial score (nSPS) is 20.5. The molecular weight excluding hydrogens is 384 g/mol. The van der Waals surface area contributed by atoms with E-state index in [9.17, 15) is 14.7 Å². The van der Waals surface area contributed by atoms with Gasteiger partial charge in [-0.1, -0.05) is 30.3 Å². The maximum atomic E-state index is 13.0. The number of aliphatic hydroxyl groups excluding tert-OH is 1. The van der Waals surface area contributed by atoms with Crippen molar-refractivity contribution in [2.75, 3.05) is 39.4 Å². The smallest absolute Gasteiger partial charge is 0.290 e. The van der Waals surface area contributed by atoms with Gasteiger partial charge in [0.25, 0.3) is 5.91 Å². The van der Waals surface area contributed by atoms with E-state index in [-0.39, 0.29) is 5.57 Å². The number of hydrogen-bond donors (Lipinski definition) is 1. The third-order valence-corrected chi connectivity index (χ3v) is 5.39. The number of morpholine rings is 1. The number of ether oxygens (including phenoxy) is 1. The first-order chi connectivity index (χ1) is 14.6. The third-order valence-electron chi connectivity index (χ3n) is 5.39. The molecule has 0 spiro atoms. The lowest BCUT2D eigenvalue weighted by Gasteiger charge is -2.31. The monoisotopic (exact) mass is 408 g/mol. The van der Waals surface area contributed by atoms with Gasteiger partial charge in [0.05, 0.1) is 31.1 Å². The fourth-order valence-electron chi connectivity index (χ4n) is 3.83. The minimum atomic E-state index is -0.631. The summed E-state index contributed by atoms with van der Waals surface area (Å²) in [6.45, 7) is 3.99. The summed E-state index contributed by atoms with van der Waals surface area (Å²) >= 11 is 0. The molecule has 1 aromatic carbocycles. The van der Waals surface area contributed by atoms with Gasteiger partial charge in [-0.05, 0) is 29.8 Å². The SMILES string of the molecule is O=C(/C=C/c1ccco1)C1=C(O)C(=O)N(CCN2CCOCC2)[C@@H]1c1ccccc1. The number of ketones is 1. The van der Waals surface area contributed by atoms with Crippen LogP contribution in [0.5, 0.6) is 0 Å². The molecule has 1 saturated heterocycles. The van der Waals surface area contributed by atoms with Gasteiger partial charge in [0.1, 0.15) is 5.76 Å². The lowest BCUT2D eigenvalue weighted by molar-refractivity contribution is -0.129. The van der Waals surface area contributed by atoms with E-state index in [1.165, 1.54) is 18.4 Å². The standard InChI is InChI=1S/C23H24N2O5/c26-19(9-8-18-7-4-14-30-18)20-21(17-5-2-1-3-6-17)25(23(28)22(20)27)11-10-24-12-15-29-16-13-24/h1-9,14,21,27H,10-13,15-16H2/b9-8+/t21-/m1/s1. The average Bonchev–Trinajstić information content (AvgIpc) is 3.39. The van der Waals surface area contributed by atoms with Crippen LogP contribution in [0.15, 0.2) is 70.6 Å². The molecule has 1 atom stereocenters. The Bertz CT molecular complexity index is 943. The van der Waals surface area contributed by atoms with E-state index in [2.05, 4.69) is 4.90 Å². The Morgan fingerprint density at radius 3 is 2.57 bits per heavy atom. The molecular formula is C23H24N2O5. The van der Waals surface area contributed by atoms with Gasteiger partial charge in [-0.2, -0.15) is 0 Å². The highest BCUT2D eigenvalue weighted by Gasteiger charge is 2.42. The fourth-order valence-corrected chi connectivity index (χ4v) is 3.83. The highest BCUT2D eigenvalue weighted by Crippen LogP contribution is 2.37. The number of aliphatic hydroxyl groups is 1. The lowest BCUT2D eigenvalue weighted by atomic mass is 9.96. The van der Waals surface area contributed by atoms with E-state index >= 15 is 0 Å². The van der Waals surface area contributed by atoms with E-state index < -0.39 is 23.5 Å². The number of rotatable bonds is 7. The number of benzene rings is 1. The molecule has 2 aromatic rings. The molecule has 7 heteroatoms. The molecule has 0 saturated carbocycles. The van der Waals surface area contributed by atoms with Crippen molar-refractivity contribution in [2.24, 2.45) is 0 Å². The number of carbonyl (C=O) groups excluding carboxylic acids is 2. The van der Waals surface area contributed by atoms with Crippen molar-refractivity contribution in [3.8, 4) is 0 Å². The second kappa shape index (κ2) is 9.11. The number of allylic oxidation sites excluding steroid dienone is 1. The Balaban J connectivity index is 1.59. The van der Waals surface area contributed by atoms with E-state index in [1.807, 2.05) is 30.3 Å². The number of carbonyl (C=O) groups is 2. The Morgan fingerprint density at radius 1 is 1.10 bits per heavy atom. The van der Waals surface area contributed by atoms with E-state index in [0.717, 1.165) is 18.7 Å². The molecule has 1 N–H and O–H groups in total. The molecule has 3 heterocycles. The average molecular weight is 408 g/mol. The van der Waals surface area contributed by atoms with Crippen LogP contribution in [0.25, 0.3) is 6.08 Å². The number of nitrogens with zero attached hydrogens (tertiary/aromatic N) is 2. The minimum Gasteiger partial charge on any atom is -0.503 e. The second-order valence-corrected chi connectivity index (χ2v) is 7.24. The fraction of sp³-hybridized carbons (Fsp3) is 0.304. The molecule has 1 amide bonds. The summed E-state index contributed by atoms with van der Waals surface area (Å²) in [4.78, 5) is 29.7. The van der Waals surface area contributed by atoms with Crippen LogP contribution >= 0.6 is 0 Å². The first-order valence-corrected chi connectivity index (χ1v) is 10.00. The van der Waals surface area contributed by atoms with Gasteiger partial charge in [0.2, 0.25) is 0 Å². The van der Waals surface area contributed by atoms with Crippen LogP contribution in [-0.4, -0.2) is 66.0 Å². The van der Waals surface area contributed by atoms with Crippen LogP contribution in [0.1, 0.15) is 17.4 Å². The molecule has 0 unspecified atom stereocenters. The first-order valence-electron chi connectivity index (χ1n) is 10.00. The summed E-state index contributed by atoms with van der Waals surface area (Å²) in [5.41, 5.74) is 0.877. The van der Waals surface area contributed by atoms with Gasteiger partial charge < -0.3 is 19.2 Å². The van der Waals surface area contributed by atoms with E-state index in [4.69, 9.17) is 9.15 Å². The zero-order valence-corrected chi connectivity index (χ0v) is 16.6. The molecule has 1 fully saturated rings. The van der Waals surface area contributed by atoms with Crippen molar-refractivity contribution < 1.29 is 23.8 Å². The molecule has 30 heavy (non-hydrogen) atoms. The Morgan fingerprint density at radius 2 is 1.87 bits per heavy atom. The Hall–Kier alpha value is -3.16. The summed E-state index contributed by atoms with van der Waals surface area (Å²) in [5, 5.41) is 10.6. The topological polar surface area (TPSA) is 83.2 Å². The molecule has 0 radical (unpaired) electrons. The Labute approximate surface area is 174 Å². The van der Waals surface area contributed by atoms with Crippen molar-refractivity contribution in [1.82, 2.24) is 9.80 Å². The number of hydrogen-bond acceptors (Lipinski definition) is 6. The summed E-state index contributed by atoms with van der Waals surface area (Å²) in [5.74, 6) is -0.903. The summed E-state index contributed by atoms with van der Waals surface area (Å²) in [7, 11) is 0. The molecule has 2 aliphatic heterocycles. The number of furan rings is 1. The summed E-state index contributed by atoms with van der Waals surface area (Å²) in [6.07, 6.45) is 4.38. The molecule has 4 rings (SSSR count). The van der Waals surface area contributed by atoms with Crippen molar-refractivity contribution in [3.05, 3.63) is 77.5 Å². The number of amides is 1. The quantitative estimate of drug-likeness (QED) is 0.709. The molecule has 1 aromatic heterocycles. The van der Waals surface area contributed by atoms with E-state index in [0.29, 0.717) is 32.1 Å². The van der Waals surface area contributed by atoms with Crippen molar-refractivity contribution in [3.63, 3.8) is 0 Å². The van der Waals surface area contributed by atoms with Crippen molar-refractivity contribution in [2.45, 2.75) is 6.04 Å². The molecule has 0 bridgehead atoms. The van der Waals surface area contributed by atoms with Crippen molar-refractivity contribution >= 4 is 17.8 Å². The largest absolute Gasteiger partial charge is 0.503 e. The maximum Gasteiger partial charge on any atom is 0.290 e. The van der Waals surface area contributed by atoms with Crippen LogP contribution in [0.4, 0.5) is 0 Å². The minimum absolute atomic E-state index is 0.0935. The maximum absolute atomic E-state index is 13.0. The van der Waals surface area contributed by atoms with E-state index in [1.54, 1.807) is 17.0 Å². The summed E-state index contributed by atoms with van der Waals surface area (Å²) < 4.78 is 10.6. The molecule has 0 aliphatic carbocycles. The van der Waals surface area contributed by atoms with Gasteiger partial charge in [-0.25, -0.2) is 0 Å². The van der Waals surface area contributed by atoms with Crippen LogP contribution < -0.4 is 0 Å². The summed E-state index contributed by atoms with van der Waals surface area (Å²) in [6, 6.07) is 12.1. The van der Waals surface area contributed by atoms with Gasteiger partial charge in [-0.3, -0.25) is 14.5 Å². The highest BCUT2D eigenvalue weighted by atomic mass is 16.5. The molecule has 156 valence electrons. The van der Waals surface area contributed by atoms with Gasteiger partial charge in [0.15, 0.2) is 11.5 Å². The molecule has 2 aliphatic rings. The van der Waals surface area contributed by atoms with Crippen LogP contribution in [-0.2, 0) is 14.3 Å². The zero-order valence-electron chi connectivity index (χ0n) is 16.6. The van der Waals surface area contributed by atoms with Gasteiger partial charge in [-0.15, -0.1) is 0 Å². The molecule has 7 nitrogen and oxygen atoms in total. The third kappa shape index (κ3) is 4.22. The predicted octanol–water partition coefficient (Wildman–Crippen LogP) is 2.59. The van der Waals surface area contributed by atoms with Crippen molar-refractivity contribution in [1.29, 1.82) is 0 Å². The lowest BCUT2D eigenvalue weighted by Crippen LogP contribution is -2.43. The first kappa shape index (κ1) is 20.1. The Kier molecular flexibility index (Phi) is 6.11. The van der Waals surface area contributed by atoms with Gasteiger partial charge >= 0.3 is 0 Å². The predicted molar refractivity (Wildman–Crippen MR) is 111 cm³/mol. The van der Waals surface area contributed by atoms with Crippen LogP contribution in [0.3, 0.4) is 0 Å². The zero-order chi connectivity index (χ0) is 20.9. The second-order valence-electron chi connectivity index (χ2n) is 7.24. The van der Waals surface area contributed by atoms with Gasteiger partial charge in [0, 0.05) is 26.2 Å². The van der Waals surface area contributed by atoms with Crippen LogP contribution in [0, 0.1) is 0 Å². The highest BCUT2D eigenvalue weighted by molar-refractivity contribution is 6.14. The van der Waals surface area contributed by atoms with Crippen LogP contribution in [0.2, 0.25) is 0 Å².